The van der Waals surface area contributed by atoms with E-state index in [1.165, 1.54) is 18.2 Å². The van der Waals surface area contributed by atoms with Gasteiger partial charge in [-0.15, -0.1) is 0 Å². The van der Waals surface area contributed by atoms with E-state index in [0.29, 0.717) is 16.7 Å². The smallest absolute Gasteiger partial charge is 0.412 e. The number of anilines is 2. The fourth-order valence-corrected chi connectivity index (χ4v) is 4.01. The summed E-state index contributed by atoms with van der Waals surface area (Å²) < 4.78 is 20.5. The molecule has 2 N–H and O–H groups in total. The Bertz CT molecular complexity index is 1510. The van der Waals surface area contributed by atoms with Crippen LogP contribution in [0.4, 0.5) is 20.6 Å². The normalized spacial score (nSPS) is 11.1. The van der Waals surface area contributed by atoms with Crippen LogP contribution in [0.5, 0.6) is 0 Å². The average molecular weight is 549 g/mol. The molecule has 0 fully saturated rings. The quantitative estimate of drug-likeness (QED) is 0.193. The molecule has 10 heteroatoms. The topological polar surface area (TPSA) is 102 Å². The summed E-state index contributed by atoms with van der Waals surface area (Å²) in [5.41, 5.74) is 1.76. The van der Waals surface area contributed by atoms with Gasteiger partial charge in [0.1, 0.15) is 11.4 Å². The summed E-state index contributed by atoms with van der Waals surface area (Å²) in [6.45, 7) is 5.15. The number of nitrogens with one attached hydrogen (secondary N) is 2. The van der Waals surface area contributed by atoms with Crippen LogP contribution >= 0.6 is 11.6 Å². The molecule has 0 aliphatic heterocycles. The summed E-state index contributed by atoms with van der Waals surface area (Å²) in [7, 11) is 0. The van der Waals surface area contributed by atoms with Gasteiger partial charge in [-0.2, -0.15) is 0 Å². The first kappa shape index (κ1) is 27.5. The molecule has 0 radical (unpaired) electrons. The molecule has 39 heavy (non-hydrogen) atoms. The average Bonchev–Trinajstić information content (AvgIpc) is 3.40. The molecule has 0 saturated carbocycles. The number of hydrogen-bond donors (Lipinski definition) is 2. The maximum atomic E-state index is 13.5. The Morgan fingerprint density at radius 1 is 1.00 bits per heavy atom. The third kappa shape index (κ3) is 7.30. The minimum Gasteiger partial charge on any atom is -0.444 e. The molecule has 0 aliphatic carbocycles. The van der Waals surface area contributed by atoms with Crippen molar-refractivity contribution in [2.45, 2.75) is 32.8 Å². The summed E-state index contributed by atoms with van der Waals surface area (Å²) in [6, 6.07) is 15.5. The zero-order valence-electron chi connectivity index (χ0n) is 21.5. The van der Waals surface area contributed by atoms with Crippen LogP contribution in [0.1, 0.15) is 37.6 Å². The van der Waals surface area contributed by atoms with E-state index in [4.69, 9.17) is 16.3 Å². The van der Waals surface area contributed by atoms with Crippen molar-refractivity contribution in [1.29, 1.82) is 0 Å². The molecule has 4 rings (SSSR count). The van der Waals surface area contributed by atoms with Crippen LogP contribution in [0.25, 0.3) is 16.8 Å². The van der Waals surface area contributed by atoms with E-state index in [0.717, 1.165) is 5.69 Å². The number of amides is 2. The molecule has 0 bridgehead atoms. The van der Waals surface area contributed by atoms with Crippen molar-refractivity contribution in [3.05, 3.63) is 95.8 Å². The lowest BCUT2D eigenvalue weighted by atomic mass is 10.0. The number of carbonyl (C=O) groups is 3. The largest absolute Gasteiger partial charge is 0.444 e. The minimum absolute atomic E-state index is 0.169. The number of hydrogen-bond acceptors (Lipinski definition) is 5. The summed E-state index contributed by atoms with van der Waals surface area (Å²) in [5.74, 6) is -1.42. The van der Waals surface area contributed by atoms with E-state index in [-0.39, 0.29) is 16.4 Å². The highest BCUT2D eigenvalue weighted by atomic mass is 35.5. The Kier molecular flexibility index (Phi) is 8.11. The summed E-state index contributed by atoms with van der Waals surface area (Å²) >= 11 is 6.49. The van der Waals surface area contributed by atoms with Gasteiger partial charge < -0.3 is 14.6 Å². The molecule has 1 heterocycles. The number of imidazole rings is 1. The van der Waals surface area contributed by atoms with E-state index in [1.807, 2.05) is 6.07 Å². The van der Waals surface area contributed by atoms with Gasteiger partial charge in [0.15, 0.2) is 5.78 Å². The SMILES string of the molecule is CC(C)(C)OC(=O)Nc1cc(Cl)c(-c2ccc(F)cc2)cc1NC(=O)CC(=O)c1cccc(-n2ccnc2)c1. The van der Waals surface area contributed by atoms with E-state index >= 15 is 0 Å². The number of halogens is 2. The van der Waals surface area contributed by atoms with E-state index < -0.39 is 35.6 Å². The Balaban J connectivity index is 1.59. The Morgan fingerprint density at radius 2 is 1.72 bits per heavy atom. The van der Waals surface area contributed by atoms with Crippen molar-refractivity contribution in [3.8, 4) is 16.8 Å². The second-order valence-corrected chi connectivity index (χ2v) is 10.1. The van der Waals surface area contributed by atoms with Crippen molar-refractivity contribution in [1.82, 2.24) is 9.55 Å². The summed E-state index contributed by atoms with van der Waals surface area (Å²) in [5, 5.41) is 5.54. The molecular formula is C29H26ClFN4O4. The van der Waals surface area contributed by atoms with Gasteiger partial charge in [-0.25, -0.2) is 14.2 Å². The first-order valence-corrected chi connectivity index (χ1v) is 12.4. The highest BCUT2D eigenvalue weighted by Gasteiger charge is 2.21. The van der Waals surface area contributed by atoms with Crippen LogP contribution < -0.4 is 10.6 Å². The van der Waals surface area contributed by atoms with Crippen LogP contribution in [0.3, 0.4) is 0 Å². The fourth-order valence-electron chi connectivity index (χ4n) is 3.74. The predicted molar refractivity (Wildman–Crippen MR) is 148 cm³/mol. The maximum absolute atomic E-state index is 13.5. The van der Waals surface area contributed by atoms with Crippen LogP contribution in [-0.2, 0) is 9.53 Å². The van der Waals surface area contributed by atoms with Gasteiger partial charge in [-0.05, 0) is 62.7 Å². The lowest BCUT2D eigenvalue weighted by Gasteiger charge is -2.21. The van der Waals surface area contributed by atoms with Crippen LogP contribution in [0.2, 0.25) is 5.02 Å². The molecule has 1 aromatic heterocycles. The van der Waals surface area contributed by atoms with Crippen molar-refractivity contribution >= 4 is 40.8 Å². The lowest BCUT2D eigenvalue weighted by molar-refractivity contribution is -0.115. The highest BCUT2D eigenvalue weighted by molar-refractivity contribution is 6.34. The standard InChI is InChI=1S/C29H26ClFN4O4/c1-29(2,3)39-28(38)34-25-15-23(30)22(18-7-9-20(31)10-8-18)14-24(25)33-27(37)16-26(36)19-5-4-6-21(13-19)35-12-11-32-17-35/h4-15,17H,16H2,1-3H3,(H,33,37)(H,34,38). The third-order valence-corrected chi connectivity index (χ3v) is 5.78. The molecule has 0 aliphatic rings. The monoisotopic (exact) mass is 548 g/mol. The molecule has 0 spiro atoms. The second kappa shape index (κ2) is 11.5. The van der Waals surface area contributed by atoms with Crippen molar-refractivity contribution in [2.24, 2.45) is 0 Å². The number of ketones is 1. The maximum Gasteiger partial charge on any atom is 0.412 e. The van der Waals surface area contributed by atoms with E-state index in [1.54, 1.807) is 80.5 Å². The van der Waals surface area contributed by atoms with Gasteiger partial charge in [0, 0.05) is 29.2 Å². The zero-order chi connectivity index (χ0) is 28.2. The number of benzene rings is 3. The number of aromatic nitrogens is 2. The fraction of sp³-hybridized carbons (Fsp3) is 0.172. The zero-order valence-corrected chi connectivity index (χ0v) is 22.3. The summed E-state index contributed by atoms with van der Waals surface area (Å²) in [4.78, 5) is 42.4. The Morgan fingerprint density at radius 3 is 2.38 bits per heavy atom. The van der Waals surface area contributed by atoms with Gasteiger partial charge in [0.25, 0.3) is 0 Å². The Labute approximate surface area is 229 Å². The lowest BCUT2D eigenvalue weighted by Crippen LogP contribution is -2.27. The van der Waals surface area contributed by atoms with E-state index in [9.17, 15) is 18.8 Å². The van der Waals surface area contributed by atoms with E-state index in [2.05, 4.69) is 15.6 Å². The first-order valence-electron chi connectivity index (χ1n) is 12.0. The molecule has 8 nitrogen and oxygen atoms in total. The van der Waals surface area contributed by atoms with Gasteiger partial charge in [0.05, 0.1) is 29.1 Å². The Hall–Kier alpha value is -4.50. The van der Waals surface area contributed by atoms with Crippen molar-refractivity contribution in [3.63, 3.8) is 0 Å². The first-order chi connectivity index (χ1) is 18.5. The van der Waals surface area contributed by atoms with Crippen LogP contribution in [0.15, 0.2) is 79.4 Å². The molecule has 3 aromatic carbocycles. The molecule has 200 valence electrons. The number of ether oxygens (including phenoxy) is 1. The van der Waals surface area contributed by atoms with Gasteiger partial charge in [0.2, 0.25) is 5.91 Å². The van der Waals surface area contributed by atoms with Gasteiger partial charge >= 0.3 is 6.09 Å². The second-order valence-electron chi connectivity index (χ2n) is 9.68. The van der Waals surface area contributed by atoms with Gasteiger partial charge in [-0.1, -0.05) is 35.9 Å². The van der Waals surface area contributed by atoms with Crippen molar-refractivity contribution in [2.75, 3.05) is 10.6 Å². The molecule has 0 atom stereocenters. The highest BCUT2D eigenvalue weighted by Crippen LogP contribution is 2.36. The molecule has 0 unspecified atom stereocenters. The molecule has 2 amide bonds. The number of Topliss-reactive ketones (excluding diaryl/α,β-unsaturated/α-hetero) is 1. The molecular weight excluding hydrogens is 523 g/mol. The number of rotatable bonds is 7. The molecule has 4 aromatic rings. The van der Waals surface area contributed by atoms with Gasteiger partial charge in [-0.3, -0.25) is 14.9 Å². The molecule has 0 saturated heterocycles. The number of nitrogens with zero attached hydrogens (tertiary/aromatic N) is 2. The minimum atomic E-state index is -0.761. The predicted octanol–water partition coefficient (Wildman–Crippen LogP) is 6.89. The van der Waals surface area contributed by atoms with Crippen LogP contribution in [0, 0.1) is 5.82 Å². The third-order valence-electron chi connectivity index (χ3n) is 5.46. The van der Waals surface area contributed by atoms with Crippen molar-refractivity contribution < 1.29 is 23.5 Å². The van der Waals surface area contributed by atoms with Crippen LogP contribution in [-0.4, -0.2) is 32.9 Å². The summed E-state index contributed by atoms with van der Waals surface area (Å²) in [6.07, 6.45) is 3.77. The number of carbonyl (C=O) groups excluding carboxylic acids is 3.